The van der Waals surface area contributed by atoms with Crippen LogP contribution in [-0.4, -0.2) is 43.8 Å². The largest absolute Gasteiger partial charge is 0.493 e. The number of carboxylic acids is 1. The molecular formula is C13H16N2O6. The molecule has 21 heavy (non-hydrogen) atoms. The van der Waals surface area contributed by atoms with Gasteiger partial charge in [-0.2, -0.15) is 0 Å². The minimum atomic E-state index is -1.17. The molecule has 0 atom stereocenters. The molecule has 0 spiro atoms. The molecule has 0 unspecified atom stereocenters. The maximum Gasteiger partial charge on any atom is 0.339 e. The van der Waals surface area contributed by atoms with Gasteiger partial charge in [0.2, 0.25) is 5.91 Å². The van der Waals surface area contributed by atoms with Crippen LogP contribution in [0.25, 0.3) is 0 Å². The van der Waals surface area contributed by atoms with Gasteiger partial charge in [-0.25, -0.2) is 9.59 Å². The Morgan fingerprint density at radius 3 is 2.57 bits per heavy atom. The number of benzene rings is 1. The van der Waals surface area contributed by atoms with Gasteiger partial charge >= 0.3 is 12.0 Å². The molecule has 0 heterocycles. The van der Waals surface area contributed by atoms with E-state index in [1.807, 2.05) is 0 Å². The zero-order valence-corrected chi connectivity index (χ0v) is 11.6. The van der Waals surface area contributed by atoms with Gasteiger partial charge in [-0.1, -0.05) is 6.07 Å². The van der Waals surface area contributed by atoms with Crippen LogP contribution in [0.3, 0.4) is 0 Å². The quantitative estimate of drug-likeness (QED) is 0.709. The second-order valence-corrected chi connectivity index (χ2v) is 3.87. The molecule has 8 heteroatoms. The summed E-state index contributed by atoms with van der Waals surface area (Å²) < 4.78 is 10.3. The average molecular weight is 296 g/mol. The molecule has 0 aliphatic heterocycles. The summed E-state index contributed by atoms with van der Waals surface area (Å²) in [5.74, 6) is -1.42. The van der Waals surface area contributed by atoms with Gasteiger partial charge in [-0.05, 0) is 12.1 Å². The summed E-state index contributed by atoms with van der Waals surface area (Å²) in [6.07, 6.45) is -0.107. The Kier molecular flexibility index (Phi) is 5.99. The van der Waals surface area contributed by atoms with E-state index in [1.54, 1.807) is 6.07 Å². The Morgan fingerprint density at radius 2 is 2.00 bits per heavy atom. The number of methoxy groups -OCH3 is 1. The van der Waals surface area contributed by atoms with Crippen molar-refractivity contribution in [1.29, 1.82) is 0 Å². The van der Waals surface area contributed by atoms with E-state index in [1.165, 1.54) is 26.3 Å². The van der Waals surface area contributed by atoms with E-state index in [0.29, 0.717) is 0 Å². The van der Waals surface area contributed by atoms with E-state index in [4.69, 9.17) is 14.6 Å². The van der Waals surface area contributed by atoms with Crippen molar-refractivity contribution >= 4 is 17.9 Å². The molecule has 1 aromatic rings. The SMILES string of the molecule is CNC(=O)NC(=O)CCOc1c(OC)cccc1C(=O)O. The fourth-order valence-electron chi connectivity index (χ4n) is 1.49. The van der Waals surface area contributed by atoms with Crippen LogP contribution >= 0.6 is 0 Å². The maximum atomic E-state index is 11.4. The molecule has 0 fully saturated rings. The topological polar surface area (TPSA) is 114 Å². The van der Waals surface area contributed by atoms with Crippen LogP contribution in [-0.2, 0) is 4.79 Å². The minimum absolute atomic E-state index is 0.0419. The first-order chi connectivity index (χ1) is 9.99. The van der Waals surface area contributed by atoms with Crippen LogP contribution in [0, 0.1) is 0 Å². The third kappa shape index (κ3) is 4.68. The van der Waals surface area contributed by atoms with Crippen molar-refractivity contribution < 1.29 is 29.0 Å². The van der Waals surface area contributed by atoms with Crippen LogP contribution in [0.5, 0.6) is 11.5 Å². The summed E-state index contributed by atoms with van der Waals surface area (Å²) in [5.41, 5.74) is -0.0685. The second kappa shape index (κ2) is 7.73. The number of amides is 3. The summed E-state index contributed by atoms with van der Waals surface area (Å²) in [4.78, 5) is 33.4. The van der Waals surface area contributed by atoms with Gasteiger partial charge in [-0.3, -0.25) is 10.1 Å². The van der Waals surface area contributed by atoms with Gasteiger partial charge in [0, 0.05) is 7.05 Å². The van der Waals surface area contributed by atoms with Crippen LogP contribution in [0.2, 0.25) is 0 Å². The second-order valence-electron chi connectivity index (χ2n) is 3.87. The van der Waals surface area contributed by atoms with Crippen molar-refractivity contribution in [2.24, 2.45) is 0 Å². The van der Waals surface area contributed by atoms with Crippen LogP contribution in [0.4, 0.5) is 4.79 Å². The predicted octanol–water partition coefficient (Wildman–Crippen LogP) is 0.618. The fourth-order valence-corrected chi connectivity index (χ4v) is 1.49. The minimum Gasteiger partial charge on any atom is -0.493 e. The molecule has 3 amide bonds. The van der Waals surface area contributed by atoms with Crippen molar-refractivity contribution in [1.82, 2.24) is 10.6 Å². The lowest BCUT2D eigenvalue weighted by Crippen LogP contribution is -2.37. The molecule has 0 saturated heterocycles. The molecule has 114 valence electrons. The lowest BCUT2D eigenvalue weighted by molar-refractivity contribution is -0.120. The zero-order chi connectivity index (χ0) is 15.8. The van der Waals surface area contributed by atoms with E-state index in [2.05, 4.69) is 10.6 Å². The number of rotatable bonds is 6. The molecule has 8 nitrogen and oxygen atoms in total. The van der Waals surface area contributed by atoms with Gasteiger partial charge in [0.25, 0.3) is 0 Å². The van der Waals surface area contributed by atoms with Crippen LogP contribution in [0.1, 0.15) is 16.8 Å². The number of aromatic carboxylic acids is 1. The number of carbonyl (C=O) groups is 3. The monoisotopic (exact) mass is 296 g/mol. The van der Waals surface area contributed by atoms with E-state index < -0.39 is 17.9 Å². The number of hydrogen-bond donors (Lipinski definition) is 3. The van der Waals surface area contributed by atoms with Crippen molar-refractivity contribution in [3.63, 3.8) is 0 Å². The number of hydrogen-bond acceptors (Lipinski definition) is 5. The summed E-state index contributed by atoms with van der Waals surface area (Å²) in [6, 6.07) is 3.81. The molecule has 1 rings (SSSR count). The first-order valence-electron chi connectivity index (χ1n) is 6.04. The van der Waals surface area contributed by atoms with Gasteiger partial charge in [-0.15, -0.1) is 0 Å². The molecule has 0 aromatic heterocycles. The zero-order valence-electron chi connectivity index (χ0n) is 11.6. The Morgan fingerprint density at radius 1 is 1.29 bits per heavy atom. The Balaban J connectivity index is 2.68. The lowest BCUT2D eigenvalue weighted by atomic mass is 10.2. The molecule has 1 aromatic carbocycles. The molecule has 0 aliphatic rings. The maximum absolute atomic E-state index is 11.4. The van der Waals surface area contributed by atoms with Crippen LogP contribution < -0.4 is 20.1 Å². The highest BCUT2D eigenvalue weighted by atomic mass is 16.5. The van der Waals surface area contributed by atoms with Crippen molar-refractivity contribution in [3.8, 4) is 11.5 Å². The normalized spacial score (nSPS) is 9.62. The molecule has 3 N–H and O–H groups in total. The summed E-state index contributed by atoms with van der Waals surface area (Å²) >= 11 is 0. The van der Waals surface area contributed by atoms with E-state index in [-0.39, 0.29) is 30.1 Å². The number of carboxylic acid groups (broad SMARTS) is 1. The Hall–Kier alpha value is -2.77. The molecule has 0 aliphatic carbocycles. The van der Waals surface area contributed by atoms with Crippen LogP contribution in [0.15, 0.2) is 18.2 Å². The van der Waals surface area contributed by atoms with Crippen molar-refractivity contribution in [2.75, 3.05) is 20.8 Å². The third-order valence-corrected chi connectivity index (χ3v) is 2.48. The number of urea groups is 1. The van der Waals surface area contributed by atoms with E-state index in [0.717, 1.165) is 0 Å². The average Bonchev–Trinajstić information content (AvgIpc) is 2.46. The molecular weight excluding hydrogens is 280 g/mol. The van der Waals surface area contributed by atoms with Crippen molar-refractivity contribution in [3.05, 3.63) is 23.8 Å². The predicted molar refractivity (Wildman–Crippen MR) is 72.7 cm³/mol. The summed E-state index contributed by atoms with van der Waals surface area (Å²) in [5, 5.41) is 13.4. The first kappa shape index (κ1) is 16.3. The third-order valence-electron chi connectivity index (χ3n) is 2.48. The van der Waals surface area contributed by atoms with Gasteiger partial charge < -0.3 is 19.9 Å². The number of imide groups is 1. The Bertz CT molecular complexity index is 543. The molecule has 0 radical (unpaired) electrons. The fraction of sp³-hybridized carbons (Fsp3) is 0.308. The summed E-state index contributed by atoms with van der Waals surface area (Å²) in [6.45, 7) is -0.0938. The van der Waals surface area contributed by atoms with Gasteiger partial charge in [0.15, 0.2) is 11.5 Å². The number of para-hydroxylation sites is 1. The number of carbonyl (C=O) groups excluding carboxylic acids is 2. The lowest BCUT2D eigenvalue weighted by Gasteiger charge is -2.12. The smallest absolute Gasteiger partial charge is 0.339 e. The number of nitrogens with one attached hydrogen (secondary N) is 2. The first-order valence-corrected chi connectivity index (χ1v) is 6.04. The van der Waals surface area contributed by atoms with Crippen molar-refractivity contribution in [2.45, 2.75) is 6.42 Å². The highest BCUT2D eigenvalue weighted by Gasteiger charge is 2.16. The molecule has 0 bridgehead atoms. The number of ether oxygens (including phenoxy) is 2. The van der Waals surface area contributed by atoms with E-state index in [9.17, 15) is 14.4 Å². The highest BCUT2D eigenvalue weighted by molar-refractivity contribution is 5.94. The standard InChI is InChI=1S/C13H16N2O6/c1-14-13(19)15-10(16)6-7-21-11-8(12(17)18)4-3-5-9(11)20-2/h3-5H,6-7H2,1-2H3,(H,17,18)(H2,14,15,16,19). The van der Waals surface area contributed by atoms with E-state index >= 15 is 0 Å². The summed E-state index contributed by atoms with van der Waals surface area (Å²) in [7, 11) is 2.76. The molecule has 0 saturated carbocycles. The van der Waals surface area contributed by atoms with Gasteiger partial charge in [0.1, 0.15) is 5.56 Å². The Labute approximate surface area is 121 Å². The van der Waals surface area contributed by atoms with Gasteiger partial charge in [0.05, 0.1) is 20.1 Å². The highest BCUT2D eigenvalue weighted by Crippen LogP contribution is 2.31.